The molecule has 0 radical (unpaired) electrons. The minimum atomic E-state index is 0.221. The van der Waals surface area contributed by atoms with E-state index in [-0.39, 0.29) is 5.75 Å². The molecule has 5 nitrogen and oxygen atoms in total. The Morgan fingerprint density at radius 1 is 0.871 bits per heavy atom. The van der Waals surface area contributed by atoms with Gasteiger partial charge in [-0.25, -0.2) is 9.97 Å². The van der Waals surface area contributed by atoms with Crippen LogP contribution in [0.4, 0.5) is 0 Å². The van der Waals surface area contributed by atoms with Crippen LogP contribution >= 0.6 is 11.3 Å². The molecular formula is C24H15BN4OS. The van der Waals surface area contributed by atoms with Gasteiger partial charge in [-0.1, -0.05) is 35.8 Å². The number of phenolic OH excluding ortho intramolecular Hbond substituents is 1. The molecule has 0 fully saturated rings. The van der Waals surface area contributed by atoms with Crippen LogP contribution in [0.2, 0.25) is 0 Å². The van der Waals surface area contributed by atoms with Crippen LogP contribution in [0.3, 0.4) is 0 Å². The molecule has 0 aliphatic heterocycles. The Balaban J connectivity index is 1.72. The van der Waals surface area contributed by atoms with Gasteiger partial charge in [0.1, 0.15) is 13.6 Å². The maximum absolute atomic E-state index is 10.3. The molecule has 0 bridgehead atoms. The second-order valence-corrected chi connectivity index (χ2v) is 8.86. The lowest BCUT2D eigenvalue weighted by Gasteiger charge is -2.06. The number of para-hydroxylation sites is 1. The molecule has 31 heavy (non-hydrogen) atoms. The SMILES string of the molecule is Bc1cccc2c1nc1n(-c3nccc4c3sc3ccccc34)c3cc(O)ccc3n21. The van der Waals surface area contributed by atoms with Crippen LogP contribution in [-0.2, 0) is 0 Å². The van der Waals surface area contributed by atoms with E-state index in [1.165, 1.54) is 15.5 Å². The number of phenols is 1. The molecule has 0 aliphatic carbocycles. The number of fused-ring (bicyclic) bond motifs is 8. The first-order chi connectivity index (χ1) is 15.2. The van der Waals surface area contributed by atoms with E-state index in [9.17, 15) is 5.11 Å². The molecular weight excluding hydrogens is 403 g/mol. The molecule has 0 saturated heterocycles. The van der Waals surface area contributed by atoms with Gasteiger partial charge >= 0.3 is 0 Å². The van der Waals surface area contributed by atoms with Crippen LogP contribution < -0.4 is 5.46 Å². The molecule has 0 atom stereocenters. The van der Waals surface area contributed by atoms with Crippen molar-refractivity contribution in [1.82, 2.24) is 18.9 Å². The van der Waals surface area contributed by atoms with Crippen LogP contribution in [0, 0.1) is 0 Å². The molecule has 0 aliphatic rings. The number of hydrogen-bond donors (Lipinski definition) is 1. The molecule has 0 saturated carbocycles. The van der Waals surface area contributed by atoms with E-state index in [1.54, 1.807) is 23.5 Å². The number of nitrogens with zero attached hydrogens (tertiary/aromatic N) is 4. The van der Waals surface area contributed by atoms with Crippen molar-refractivity contribution in [2.24, 2.45) is 0 Å². The van der Waals surface area contributed by atoms with Crippen molar-refractivity contribution in [1.29, 1.82) is 0 Å². The van der Waals surface area contributed by atoms with Gasteiger partial charge in [0.2, 0.25) is 5.78 Å². The van der Waals surface area contributed by atoms with E-state index in [0.29, 0.717) is 0 Å². The van der Waals surface area contributed by atoms with E-state index in [0.717, 1.165) is 43.8 Å². The van der Waals surface area contributed by atoms with Gasteiger partial charge in [-0.15, -0.1) is 11.3 Å². The number of aromatic nitrogens is 4. The average molecular weight is 418 g/mol. The van der Waals surface area contributed by atoms with Crippen molar-refractivity contribution in [3.8, 4) is 11.6 Å². The summed E-state index contributed by atoms with van der Waals surface area (Å²) in [6, 6.07) is 22.2. The van der Waals surface area contributed by atoms with Gasteiger partial charge in [0.15, 0.2) is 5.82 Å². The van der Waals surface area contributed by atoms with Crippen LogP contribution in [0.1, 0.15) is 0 Å². The summed E-state index contributed by atoms with van der Waals surface area (Å²) in [7, 11) is 2.08. The minimum absolute atomic E-state index is 0.221. The summed E-state index contributed by atoms with van der Waals surface area (Å²) in [6.07, 6.45) is 1.86. The molecule has 0 amide bonds. The zero-order valence-corrected chi connectivity index (χ0v) is 17.4. The van der Waals surface area contributed by atoms with E-state index in [2.05, 4.69) is 65.3 Å². The first-order valence-corrected chi connectivity index (χ1v) is 10.9. The molecule has 0 unspecified atom stereocenters. The van der Waals surface area contributed by atoms with Gasteiger partial charge in [0, 0.05) is 27.7 Å². The monoisotopic (exact) mass is 418 g/mol. The number of pyridine rings is 1. The van der Waals surface area contributed by atoms with Crippen molar-refractivity contribution in [2.75, 3.05) is 0 Å². The molecule has 7 rings (SSSR count). The van der Waals surface area contributed by atoms with Gasteiger partial charge < -0.3 is 5.11 Å². The second kappa shape index (κ2) is 5.86. The molecule has 0 spiro atoms. The van der Waals surface area contributed by atoms with Gasteiger partial charge in [0.25, 0.3) is 0 Å². The Kier molecular flexibility index (Phi) is 3.20. The highest BCUT2D eigenvalue weighted by molar-refractivity contribution is 7.26. The number of imidazole rings is 2. The second-order valence-electron chi connectivity index (χ2n) is 7.81. The third-order valence-corrected chi connectivity index (χ3v) is 7.18. The van der Waals surface area contributed by atoms with Crippen LogP contribution in [0.5, 0.6) is 5.75 Å². The van der Waals surface area contributed by atoms with Crippen LogP contribution in [-0.4, -0.2) is 31.9 Å². The minimum Gasteiger partial charge on any atom is -0.508 e. The third kappa shape index (κ3) is 2.16. The van der Waals surface area contributed by atoms with Gasteiger partial charge in [0.05, 0.1) is 26.8 Å². The van der Waals surface area contributed by atoms with Crippen molar-refractivity contribution in [3.05, 3.63) is 72.9 Å². The molecule has 7 heteroatoms. The van der Waals surface area contributed by atoms with E-state index in [1.807, 2.05) is 12.3 Å². The summed E-state index contributed by atoms with van der Waals surface area (Å²) in [4.78, 5) is 9.83. The molecule has 146 valence electrons. The number of benzene rings is 3. The average Bonchev–Trinajstić information content (AvgIpc) is 3.43. The van der Waals surface area contributed by atoms with E-state index < -0.39 is 0 Å². The summed E-state index contributed by atoms with van der Waals surface area (Å²) in [5, 5.41) is 12.7. The lowest BCUT2D eigenvalue weighted by Crippen LogP contribution is -2.03. The Bertz CT molecular complexity index is 1830. The Hall–Kier alpha value is -3.84. The lowest BCUT2D eigenvalue weighted by molar-refractivity contribution is 0.476. The van der Waals surface area contributed by atoms with Crippen molar-refractivity contribution in [2.45, 2.75) is 0 Å². The zero-order valence-electron chi connectivity index (χ0n) is 16.6. The molecule has 4 aromatic heterocycles. The smallest absolute Gasteiger partial charge is 0.221 e. The topological polar surface area (TPSA) is 55.3 Å². The van der Waals surface area contributed by atoms with Crippen molar-refractivity contribution >= 4 is 72.7 Å². The number of thiophene rings is 1. The number of aromatic hydroxyl groups is 1. The first-order valence-electron chi connectivity index (χ1n) is 10.1. The highest BCUT2D eigenvalue weighted by atomic mass is 32.1. The number of hydrogen-bond acceptors (Lipinski definition) is 4. The van der Waals surface area contributed by atoms with Gasteiger partial charge in [-0.3, -0.25) is 8.97 Å². The quantitative estimate of drug-likeness (QED) is 0.408. The molecule has 4 heterocycles. The number of rotatable bonds is 1. The summed E-state index contributed by atoms with van der Waals surface area (Å²) < 4.78 is 6.57. The summed E-state index contributed by atoms with van der Waals surface area (Å²) >= 11 is 1.74. The van der Waals surface area contributed by atoms with Gasteiger partial charge in [-0.2, -0.15) is 0 Å². The Morgan fingerprint density at radius 3 is 2.71 bits per heavy atom. The highest BCUT2D eigenvalue weighted by Crippen LogP contribution is 2.38. The summed E-state index contributed by atoms with van der Waals surface area (Å²) in [5.41, 5.74) is 5.02. The maximum atomic E-state index is 10.3. The fourth-order valence-corrected chi connectivity index (χ4v) is 5.79. The molecule has 3 aromatic carbocycles. The summed E-state index contributed by atoms with van der Waals surface area (Å²) in [6.45, 7) is 0. The predicted octanol–water partition coefficient (Wildman–Crippen LogP) is 4.16. The zero-order chi connectivity index (χ0) is 20.7. The first kappa shape index (κ1) is 16.9. The Morgan fingerprint density at radius 2 is 1.77 bits per heavy atom. The third-order valence-electron chi connectivity index (χ3n) is 6.00. The molecule has 1 N–H and O–H groups in total. The molecule has 7 aromatic rings. The van der Waals surface area contributed by atoms with Crippen LogP contribution in [0.25, 0.3) is 53.8 Å². The van der Waals surface area contributed by atoms with E-state index in [4.69, 9.17) is 9.97 Å². The van der Waals surface area contributed by atoms with E-state index >= 15 is 0 Å². The largest absolute Gasteiger partial charge is 0.508 e. The highest BCUT2D eigenvalue weighted by Gasteiger charge is 2.21. The predicted molar refractivity (Wildman–Crippen MR) is 130 cm³/mol. The fraction of sp³-hybridized carbons (Fsp3) is 0. The van der Waals surface area contributed by atoms with Gasteiger partial charge in [-0.05, 0) is 30.3 Å². The van der Waals surface area contributed by atoms with Crippen molar-refractivity contribution < 1.29 is 5.11 Å². The standard InChI is InChI=1S/C24H15BN4OS/c25-16-5-3-6-18-21(16)27-24-28(18)17-9-8-13(30)12-19(17)29(24)23-22-15(10-11-26-23)14-4-1-2-7-20(14)31-22/h1-12,30H,25H2. The normalized spacial score (nSPS) is 12.1. The van der Waals surface area contributed by atoms with Crippen molar-refractivity contribution in [3.63, 3.8) is 0 Å². The lowest BCUT2D eigenvalue weighted by atomic mass is 9.95. The maximum Gasteiger partial charge on any atom is 0.221 e. The summed E-state index contributed by atoms with van der Waals surface area (Å²) in [5.74, 6) is 1.85. The van der Waals surface area contributed by atoms with Crippen LogP contribution in [0.15, 0.2) is 72.9 Å². The fourth-order valence-electron chi connectivity index (χ4n) is 4.61. The Labute approximate surface area is 181 Å².